The van der Waals surface area contributed by atoms with E-state index in [0.717, 1.165) is 11.3 Å². The number of aromatic nitrogens is 1. The first-order valence-corrected chi connectivity index (χ1v) is 8.53. The third kappa shape index (κ3) is 5.60. The van der Waals surface area contributed by atoms with Gasteiger partial charge in [-0.05, 0) is 31.9 Å². The van der Waals surface area contributed by atoms with Gasteiger partial charge >= 0.3 is 6.03 Å². The van der Waals surface area contributed by atoms with Gasteiger partial charge in [-0.2, -0.15) is 0 Å². The van der Waals surface area contributed by atoms with Crippen LogP contribution in [0.5, 0.6) is 0 Å². The number of amides is 2. The fourth-order valence-corrected chi connectivity index (χ4v) is 2.08. The Morgan fingerprint density at radius 1 is 1.28 bits per heavy atom. The highest BCUT2D eigenvalue weighted by Gasteiger charge is 2.25. The summed E-state index contributed by atoms with van der Waals surface area (Å²) in [7, 11) is 0. The zero-order valence-corrected chi connectivity index (χ0v) is 15.3. The number of carbonyl (C=O) groups excluding carboxylic acids is 1. The predicted molar refractivity (Wildman–Crippen MR) is 97.2 cm³/mol. The Balaban J connectivity index is 1.77. The lowest BCUT2D eigenvalue weighted by atomic mass is 9.93. The first kappa shape index (κ1) is 19.0. The Bertz CT molecular complexity index is 690. The summed E-state index contributed by atoms with van der Waals surface area (Å²) in [5.74, 6) is 0.635. The molecule has 0 spiro atoms. The monoisotopic (exact) mass is 345 g/mol. The van der Waals surface area contributed by atoms with Gasteiger partial charge in [0.1, 0.15) is 6.26 Å². The largest absolute Gasteiger partial charge is 0.444 e. The molecule has 0 saturated carbocycles. The van der Waals surface area contributed by atoms with Crippen molar-refractivity contribution >= 4 is 6.03 Å². The highest BCUT2D eigenvalue weighted by Crippen LogP contribution is 2.19. The molecule has 0 aliphatic rings. The van der Waals surface area contributed by atoms with Gasteiger partial charge in [-0.1, -0.05) is 31.5 Å². The molecule has 6 nitrogen and oxygen atoms in total. The molecule has 3 N–H and O–H groups in total. The van der Waals surface area contributed by atoms with Crippen molar-refractivity contribution in [1.82, 2.24) is 15.6 Å². The number of nitrogens with one attached hydrogen (secondary N) is 2. The number of hydrogen-bond donors (Lipinski definition) is 3. The van der Waals surface area contributed by atoms with Crippen molar-refractivity contribution in [3.05, 3.63) is 41.8 Å². The Kier molecular flexibility index (Phi) is 6.20. The first-order chi connectivity index (χ1) is 11.8. The average molecular weight is 345 g/mol. The normalized spacial score (nSPS) is 13.5. The molecule has 2 aromatic rings. The minimum atomic E-state index is -0.924. The number of aliphatic hydroxyl groups is 1. The molecule has 1 aromatic carbocycles. The Hall–Kier alpha value is -2.34. The van der Waals surface area contributed by atoms with Crippen LogP contribution in [0.3, 0.4) is 0 Å². The zero-order chi connectivity index (χ0) is 18.4. The minimum Gasteiger partial charge on any atom is -0.444 e. The van der Waals surface area contributed by atoms with Crippen molar-refractivity contribution in [2.45, 2.75) is 39.7 Å². The van der Waals surface area contributed by atoms with Crippen LogP contribution >= 0.6 is 0 Å². The molecular weight excluding hydrogens is 318 g/mol. The average Bonchev–Trinajstić information content (AvgIpc) is 3.02. The summed E-state index contributed by atoms with van der Waals surface area (Å²) in [6.45, 7) is 8.21. The number of urea groups is 1. The molecule has 6 heteroatoms. The van der Waals surface area contributed by atoms with Crippen molar-refractivity contribution in [1.29, 1.82) is 0 Å². The second kappa shape index (κ2) is 8.16. The van der Waals surface area contributed by atoms with E-state index in [0.29, 0.717) is 18.9 Å². The van der Waals surface area contributed by atoms with Gasteiger partial charge in [0.2, 0.25) is 5.89 Å². The fourth-order valence-electron chi connectivity index (χ4n) is 2.08. The summed E-state index contributed by atoms with van der Waals surface area (Å²) in [6.07, 6.45) is 2.18. The zero-order valence-electron chi connectivity index (χ0n) is 15.3. The van der Waals surface area contributed by atoms with Gasteiger partial charge in [0, 0.05) is 25.1 Å². The van der Waals surface area contributed by atoms with E-state index in [4.69, 9.17) is 4.42 Å². The van der Waals surface area contributed by atoms with E-state index in [2.05, 4.69) is 15.6 Å². The number of hydrogen-bond acceptors (Lipinski definition) is 4. The highest BCUT2D eigenvalue weighted by atomic mass is 16.3. The van der Waals surface area contributed by atoms with Crippen LogP contribution in [-0.4, -0.2) is 34.8 Å². The Labute approximate surface area is 148 Å². The van der Waals surface area contributed by atoms with Gasteiger partial charge in [0.15, 0.2) is 0 Å². The predicted octanol–water partition coefficient (Wildman–Crippen LogP) is 2.90. The van der Waals surface area contributed by atoms with E-state index in [-0.39, 0.29) is 18.5 Å². The van der Waals surface area contributed by atoms with E-state index >= 15 is 0 Å². The summed E-state index contributed by atoms with van der Waals surface area (Å²) in [5, 5.41) is 15.5. The minimum absolute atomic E-state index is 0.0584. The molecule has 136 valence electrons. The molecule has 0 aliphatic heterocycles. The third-order valence-corrected chi connectivity index (χ3v) is 4.37. The molecule has 0 saturated heterocycles. The summed E-state index contributed by atoms with van der Waals surface area (Å²) in [4.78, 5) is 16.2. The van der Waals surface area contributed by atoms with E-state index < -0.39 is 5.60 Å². The number of nitrogens with zero attached hydrogens (tertiary/aromatic N) is 1. The molecule has 2 rings (SSSR count). The number of rotatable bonds is 7. The lowest BCUT2D eigenvalue weighted by Gasteiger charge is -2.27. The van der Waals surface area contributed by atoms with Crippen molar-refractivity contribution in [2.75, 3.05) is 13.1 Å². The van der Waals surface area contributed by atoms with Crippen LogP contribution in [0.4, 0.5) is 4.79 Å². The molecule has 1 unspecified atom stereocenters. The van der Waals surface area contributed by atoms with Crippen molar-refractivity contribution in [3.63, 3.8) is 0 Å². The molecule has 0 bridgehead atoms. The molecule has 0 radical (unpaired) electrons. The summed E-state index contributed by atoms with van der Waals surface area (Å²) in [5.41, 5.74) is 1.97. The van der Waals surface area contributed by atoms with Crippen LogP contribution in [0, 0.1) is 12.8 Å². The van der Waals surface area contributed by atoms with E-state index in [1.165, 1.54) is 5.56 Å². The second-order valence-electron chi connectivity index (χ2n) is 6.88. The van der Waals surface area contributed by atoms with Gasteiger partial charge in [-0.15, -0.1) is 0 Å². The maximum atomic E-state index is 11.8. The number of carbonyl (C=O) groups is 1. The summed E-state index contributed by atoms with van der Waals surface area (Å²) < 4.78 is 5.49. The lowest BCUT2D eigenvalue weighted by molar-refractivity contribution is 0.0166. The third-order valence-electron chi connectivity index (χ3n) is 4.37. The molecule has 1 heterocycles. The highest BCUT2D eigenvalue weighted by molar-refractivity contribution is 5.73. The van der Waals surface area contributed by atoms with E-state index in [9.17, 15) is 9.90 Å². The van der Waals surface area contributed by atoms with E-state index in [1.54, 1.807) is 13.2 Å². The molecule has 1 atom stereocenters. The molecule has 1 aromatic heterocycles. The van der Waals surface area contributed by atoms with Crippen molar-refractivity contribution < 1.29 is 14.3 Å². The molecular formula is C19H27N3O3. The standard InChI is InChI=1S/C19H27N3O3/c1-13(2)19(4,24)12-21-18(23)20-10-9-16-11-25-17(22-16)15-7-5-14(3)6-8-15/h5-8,11,13,24H,9-10,12H2,1-4H3,(H2,20,21,23). The van der Waals surface area contributed by atoms with Crippen LogP contribution in [-0.2, 0) is 6.42 Å². The number of benzene rings is 1. The maximum absolute atomic E-state index is 11.8. The van der Waals surface area contributed by atoms with Gasteiger partial charge < -0.3 is 20.2 Å². The quantitative estimate of drug-likeness (QED) is 0.720. The SMILES string of the molecule is Cc1ccc(-c2nc(CCNC(=O)NCC(C)(O)C(C)C)co2)cc1. The van der Waals surface area contributed by atoms with Crippen molar-refractivity contribution in [2.24, 2.45) is 5.92 Å². The van der Waals surface area contributed by atoms with Gasteiger partial charge in [0.25, 0.3) is 0 Å². The topological polar surface area (TPSA) is 87.4 Å². The number of aryl methyl sites for hydroxylation is 1. The Morgan fingerprint density at radius 2 is 1.96 bits per heavy atom. The van der Waals surface area contributed by atoms with Crippen LogP contribution in [0.2, 0.25) is 0 Å². The van der Waals surface area contributed by atoms with Crippen LogP contribution < -0.4 is 10.6 Å². The summed E-state index contributed by atoms with van der Waals surface area (Å²) in [6, 6.07) is 7.66. The smallest absolute Gasteiger partial charge is 0.314 e. The van der Waals surface area contributed by atoms with Crippen LogP contribution in [0.25, 0.3) is 11.5 Å². The van der Waals surface area contributed by atoms with Crippen molar-refractivity contribution in [3.8, 4) is 11.5 Å². The summed E-state index contributed by atoms with van der Waals surface area (Å²) >= 11 is 0. The Morgan fingerprint density at radius 3 is 2.60 bits per heavy atom. The van der Waals surface area contributed by atoms with Crippen LogP contribution in [0.15, 0.2) is 34.9 Å². The maximum Gasteiger partial charge on any atom is 0.314 e. The lowest BCUT2D eigenvalue weighted by Crippen LogP contribution is -2.47. The number of oxazole rings is 1. The van der Waals surface area contributed by atoms with Gasteiger partial charge in [0.05, 0.1) is 11.3 Å². The van der Waals surface area contributed by atoms with E-state index in [1.807, 2.05) is 45.0 Å². The van der Waals surface area contributed by atoms with Gasteiger partial charge in [-0.3, -0.25) is 0 Å². The van der Waals surface area contributed by atoms with Crippen LogP contribution in [0.1, 0.15) is 32.0 Å². The molecule has 0 fully saturated rings. The molecule has 25 heavy (non-hydrogen) atoms. The molecule has 0 aliphatic carbocycles. The molecule has 2 amide bonds. The first-order valence-electron chi connectivity index (χ1n) is 8.53. The fraction of sp³-hybridized carbons (Fsp3) is 0.474. The van der Waals surface area contributed by atoms with Gasteiger partial charge in [-0.25, -0.2) is 9.78 Å². The second-order valence-corrected chi connectivity index (χ2v) is 6.88.